The molecule has 0 saturated carbocycles. The Labute approximate surface area is 170 Å². The Morgan fingerprint density at radius 1 is 1.18 bits per heavy atom. The van der Waals surface area contributed by atoms with Crippen LogP contribution in [0.25, 0.3) is 0 Å². The molecule has 1 N–H and O–H groups in total. The highest BCUT2D eigenvalue weighted by atomic mass is 35.5. The lowest BCUT2D eigenvalue weighted by Gasteiger charge is -2.17. The van der Waals surface area contributed by atoms with Gasteiger partial charge in [0.05, 0.1) is 31.0 Å². The van der Waals surface area contributed by atoms with E-state index in [1.807, 2.05) is 62.4 Å². The summed E-state index contributed by atoms with van der Waals surface area (Å²) in [5.74, 6) is 0.476. The summed E-state index contributed by atoms with van der Waals surface area (Å²) in [5, 5.41) is 7.79. The van der Waals surface area contributed by atoms with Gasteiger partial charge in [0.15, 0.2) is 0 Å². The Hall–Kier alpha value is -2.79. The second-order valence-electron chi connectivity index (χ2n) is 6.83. The third-order valence-electron chi connectivity index (χ3n) is 4.70. The molecule has 1 heterocycles. The Kier molecular flexibility index (Phi) is 6.05. The average Bonchev–Trinajstić information content (AvgIpc) is 2.96. The van der Waals surface area contributed by atoms with Gasteiger partial charge in [0.2, 0.25) is 0 Å². The van der Waals surface area contributed by atoms with Crippen molar-refractivity contribution < 1.29 is 9.53 Å². The first-order valence-electron chi connectivity index (χ1n) is 9.13. The molecule has 1 aromatic heterocycles. The van der Waals surface area contributed by atoms with E-state index in [1.165, 1.54) is 5.56 Å². The molecule has 0 aliphatic carbocycles. The molecule has 6 heteroatoms. The van der Waals surface area contributed by atoms with Crippen LogP contribution in [0.3, 0.4) is 0 Å². The maximum Gasteiger partial charge on any atom is 0.256 e. The number of halogens is 1. The number of para-hydroxylation sites is 1. The van der Waals surface area contributed by atoms with E-state index < -0.39 is 0 Å². The smallest absolute Gasteiger partial charge is 0.256 e. The quantitative estimate of drug-likeness (QED) is 0.655. The van der Waals surface area contributed by atoms with Gasteiger partial charge in [0, 0.05) is 5.56 Å². The van der Waals surface area contributed by atoms with E-state index in [4.69, 9.17) is 16.3 Å². The first-order chi connectivity index (χ1) is 13.4. The van der Waals surface area contributed by atoms with Crippen LogP contribution in [0.15, 0.2) is 48.5 Å². The Morgan fingerprint density at radius 2 is 1.86 bits per heavy atom. The second-order valence-corrected chi connectivity index (χ2v) is 7.19. The summed E-state index contributed by atoms with van der Waals surface area (Å²) >= 11 is 6.51. The first kappa shape index (κ1) is 20.0. The Bertz CT molecular complexity index is 980. The maximum absolute atomic E-state index is 12.9. The molecular formula is C22H24ClN3O2. The number of nitrogens with one attached hydrogen (secondary N) is 1. The lowest BCUT2D eigenvalue weighted by atomic mass is 10.1. The number of carbonyl (C=O) groups is 1. The number of benzene rings is 2. The summed E-state index contributed by atoms with van der Waals surface area (Å²) in [6.45, 7) is 6.26. The molecule has 146 valence electrons. The Morgan fingerprint density at radius 3 is 2.54 bits per heavy atom. The van der Waals surface area contributed by atoms with Crippen molar-refractivity contribution in [1.29, 1.82) is 0 Å². The fraction of sp³-hybridized carbons (Fsp3) is 0.273. The van der Waals surface area contributed by atoms with Gasteiger partial charge in [-0.15, -0.1) is 0 Å². The number of hydrogen-bond acceptors (Lipinski definition) is 3. The first-order valence-corrected chi connectivity index (χ1v) is 9.50. The van der Waals surface area contributed by atoms with Crippen molar-refractivity contribution in [1.82, 2.24) is 15.1 Å². The third-order valence-corrected chi connectivity index (χ3v) is 5.08. The van der Waals surface area contributed by atoms with Crippen LogP contribution in [-0.2, 0) is 6.54 Å². The van der Waals surface area contributed by atoms with Crippen LogP contribution in [0, 0.1) is 13.8 Å². The average molecular weight is 398 g/mol. The van der Waals surface area contributed by atoms with E-state index in [0.717, 1.165) is 16.9 Å². The lowest BCUT2D eigenvalue weighted by molar-refractivity contribution is 0.0939. The molecule has 3 rings (SSSR count). The van der Waals surface area contributed by atoms with Gasteiger partial charge in [-0.05, 0) is 32.4 Å². The predicted molar refractivity (Wildman–Crippen MR) is 111 cm³/mol. The van der Waals surface area contributed by atoms with Crippen molar-refractivity contribution >= 4 is 17.5 Å². The summed E-state index contributed by atoms with van der Waals surface area (Å²) in [5.41, 5.74) is 4.16. The Balaban J connectivity index is 1.80. The summed E-state index contributed by atoms with van der Waals surface area (Å²) in [7, 11) is 1.61. The van der Waals surface area contributed by atoms with Gasteiger partial charge in [-0.25, -0.2) is 4.68 Å². The molecule has 3 aromatic rings. The fourth-order valence-electron chi connectivity index (χ4n) is 3.15. The lowest BCUT2D eigenvalue weighted by Crippen LogP contribution is -2.27. The molecule has 0 aliphatic rings. The van der Waals surface area contributed by atoms with Crippen molar-refractivity contribution in [2.24, 2.45) is 0 Å². The highest BCUT2D eigenvalue weighted by molar-refractivity contribution is 6.33. The minimum Gasteiger partial charge on any atom is -0.496 e. The highest BCUT2D eigenvalue weighted by Gasteiger charge is 2.23. The van der Waals surface area contributed by atoms with E-state index >= 15 is 0 Å². The van der Waals surface area contributed by atoms with Crippen molar-refractivity contribution in [2.45, 2.75) is 33.4 Å². The highest BCUT2D eigenvalue weighted by Crippen LogP contribution is 2.26. The summed E-state index contributed by atoms with van der Waals surface area (Å²) in [6, 6.07) is 15.5. The summed E-state index contributed by atoms with van der Waals surface area (Å²) < 4.78 is 7.04. The van der Waals surface area contributed by atoms with Crippen LogP contribution >= 0.6 is 11.6 Å². The number of amides is 1. The number of ether oxygens (including phenoxy) is 1. The molecule has 1 atom stereocenters. The summed E-state index contributed by atoms with van der Waals surface area (Å²) in [6.07, 6.45) is 0. The largest absolute Gasteiger partial charge is 0.496 e. The number of aryl methyl sites for hydroxylation is 2. The van der Waals surface area contributed by atoms with Crippen LogP contribution in [0.5, 0.6) is 5.75 Å². The molecule has 0 spiro atoms. The maximum atomic E-state index is 12.9. The molecular weight excluding hydrogens is 374 g/mol. The van der Waals surface area contributed by atoms with Crippen molar-refractivity contribution in [3.63, 3.8) is 0 Å². The molecule has 5 nitrogen and oxygen atoms in total. The molecule has 1 amide bonds. The van der Waals surface area contributed by atoms with Gasteiger partial charge < -0.3 is 10.1 Å². The van der Waals surface area contributed by atoms with Gasteiger partial charge in [-0.3, -0.25) is 4.79 Å². The molecule has 0 fully saturated rings. The molecule has 0 saturated heterocycles. The monoisotopic (exact) mass is 397 g/mol. The zero-order chi connectivity index (χ0) is 20.3. The second kappa shape index (κ2) is 8.48. The molecule has 0 radical (unpaired) electrons. The van der Waals surface area contributed by atoms with E-state index in [-0.39, 0.29) is 11.9 Å². The van der Waals surface area contributed by atoms with Gasteiger partial charge in [0.25, 0.3) is 5.91 Å². The molecule has 1 unspecified atom stereocenters. The zero-order valence-corrected chi connectivity index (χ0v) is 17.2. The van der Waals surface area contributed by atoms with Crippen LogP contribution in [0.2, 0.25) is 5.15 Å². The minimum atomic E-state index is -0.254. The predicted octanol–water partition coefficient (Wildman–Crippen LogP) is 4.70. The molecule has 2 aromatic carbocycles. The fourth-order valence-corrected chi connectivity index (χ4v) is 3.47. The SMILES string of the molecule is COc1ccccc1C(C)NC(=O)c1c(C)nn(Cc2ccc(C)cc2)c1Cl. The van der Waals surface area contributed by atoms with Gasteiger partial charge >= 0.3 is 0 Å². The van der Waals surface area contributed by atoms with E-state index in [2.05, 4.69) is 10.4 Å². The number of methoxy groups -OCH3 is 1. The van der Waals surface area contributed by atoms with E-state index in [0.29, 0.717) is 23.0 Å². The van der Waals surface area contributed by atoms with Crippen LogP contribution < -0.4 is 10.1 Å². The molecule has 0 aliphatic heterocycles. The van der Waals surface area contributed by atoms with E-state index in [1.54, 1.807) is 18.7 Å². The van der Waals surface area contributed by atoms with Gasteiger partial charge in [0.1, 0.15) is 10.9 Å². The van der Waals surface area contributed by atoms with Crippen molar-refractivity contribution in [2.75, 3.05) is 7.11 Å². The number of carbonyl (C=O) groups excluding carboxylic acids is 1. The molecule has 28 heavy (non-hydrogen) atoms. The zero-order valence-electron chi connectivity index (χ0n) is 16.5. The van der Waals surface area contributed by atoms with Gasteiger partial charge in [-0.1, -0.05) is 59.6 Å². The third kappa shape index (κ3) is 4.20. The number of rotatable bonds is 6. The normalized spacial score (nSPS) is 11.9. The van der Waals surface area contributed by atoms with Crippen molar-refractivity contribution in [3.05, 3.63) is 81.6 Å². The number of nitrogens with zero attached hydrogens (tertiary/aromatic N) is 2. The standard InChI is InChI=1S/C22H24ClN3O2/c1-14-9-11-17(12-10-14)13-26-21(23)20(16(3)25-26)22(27)24-15(2)18-7-5-6-8-19(18)28-4/h5-12,15H,13H2,1-4H3,(H,24,27). The summed E-state index contributed by atoms with van der Waals surface area (Å²) in [4.78, 5) is 12.9. The number of hydrogen-bond donors (Lipinski definition) is 1. The van der Waals surface area contributed by atoms with Crippen LogP contribution in [0.1, 0.15) is 45.7 Å². The van der Waals surface area contributed by atoms with Crippen LogP contribution in [-0.4, -0.2) is 22.8 Å². The van der Waals surface area contributed by atoms with Crippen molar-refractivity contribution in [3.8, 4) is 5.75 Å². The number of aromatic nitrogens is 2. The molecule has 0 bridgehead atoms. The van der Waals surface area contributed by atoms with Crippen LogP contribution in [0.4, 0.5) is 0 Å². The minimum absolute atomic E-state index is 0.237. The topological polar surface area (TPSA) is 56.1 Å². The van der Waals surface area contributed by atoms with Gasteiger partial charge in [-0.2, -0.15) is 5.10 Å². The van der Waals surface area contributed by atoms with E-state index in [9.17, 15) is 4.79 Å².